The molecule has 1 N–H and O–H groups in total. The Hall–Kier alpha value is -2.08. The quantitative estimate of drug-likeness (QED) is 0.899. The van der Waals surface area contributed by atoms with Gasteiger partial charge in [-0.3, -0.25) is 9.59 Å². The molecule has 2 aromatic rings. The molecule has 0 atom stereocenters. The van der Waals surface area contributed by atoms with Crippen LogP contribution in [-0.4, -0.2) is 36.0 Å². The van der Waals surface area contributed by atoms with Crippen LogP contribution >= 0.6 is 15.9 Å². The van der Waals surface area contributed by atoms with E-state index in [0.717, 1.165) is 10.2 Å². The Morgan fingerprint density at radius 3 is 2.67 bits per heavy atom. The summed E-state index contributed by atoms with van der Waals surface area (Å²) in [5.41, 5.74) is 0.0743. The van der Waals surface area contributed by atoms with Crippen molar-refractivity contribution >= 4 is 21.8 Å². The molecule has 1 heterocycles. The predicted octanol–water partition coefficient (Wildman–Crippen LogP) is 2.29. The molecule has 1 amide bonds. The summed E-state index contributed by atoms with van der Waals surface area (Å²) < 4.78 is 6.54. The van der Waals surface area contributed by atoms with Crippen LogP contribution in [-0.2, 0) is 0 Å². The van der Waals surface area contributed by atoms with E-state index >= 15 is 0 Å². The van der Waals surface area contributed by atoms with Crippen molar-refractivity contribution in [3.63, 3.8) is 0 Å². The van der Waals surface area contributed by atoms with E-state index in [1.54, 1.807) is 13.1 Å². The standard InChI is InChI=1S/C15H15BrN2O3/c1-18(15(20)11-6-7-17-14(19)10-11)8-9-21-13-4-2-12(16)3-5-13/h2-7,10H,8-9H2,1H3,(H,17,19). The SMILES string of the molecule is CN(CCOc1ccc(Br)cc1)C(=O)c1cc[nH]c(=O)c1. The number of benzene rings is 1. The molecule has 0 saturated carbocycles. The zero-order chi connectivity index (χ0) is 15.2. The maximum Gasteiger partial charge on any atom is 0.253 e. The molecule has 0 aliphatic heterocycles. The molecule has 0 unspecified atom stereocenters. The molecule has 1 aromatic carbocycles. The van der Waals surface area contributed by atoms with Gasteiger partial charge in [0.15, 0.2) is 0 Å². The molecule has 0 bridgehead atoms. The van der Waals surface area contributed by atoms with Crippen LogP contribution in [0.5, 0.6) is 5.75 Å². The van der Waals surface area contributed by atoms with Crippen molar-refractivity contribution in [3.8, 4) is 5.75 Å². The van der Waals surface area contributed by atoms with Crippen LogP contribution in [0.25, 0.3) is 0 Å². The van der Waals surface area contributed by atoms with Crippen molar-refractivity contribution in [1.82, 2.24) is 9.88 Å². The monoisotopic (exact) mass is 350 g/mol. The number of pyridine rings is 1. The number of halogens is 1. The number of nitrogens with one attached hydrogen (secondary N) is 1. The lowest BCUT2D eigenvalue weighted by Gasteiger charge is -2.17. The maximum atomic E-state index is 12.1. The van der Waals surface area contributed by atoms with E-state index < -0.39 is 0 Å². The number of carbonyl (C=O) groups excluding carboxylic acids is 1. The number of aromatic nitrogens is 1. The summed E-state index contributed by atoms with van der Waals surface area (Å²) in [6.45, 7) is 0.814. The van der Waals surface area contributed by atoms with Gasteiger partial charge in [-0.05, 0) is 30.3 Å². The molecule has 1 aromatic heterocycles. The van der Waals surface area contributed by atoms with Crippen LogP contribution in [0.15, 0.2) is 51.9 Å². The first-order valence-electron chi connectivity index (χ1n) is 6.39. The lowest BCUT2D eigenvalue weighted by atomic mass is 10.2. The number of likely N-dealkylation sites (N-methyl/N-ethyl adjacent to an activating group) is 1. The fourth-order valence-corrected chi connectivity index (χ4v) is 2.00. The van der Waals surface area contributed by atoms with Gasteiger partial charge in [0.25, 0.3) is 5.91 Å². The molecule has 5 nitrogen and oxygen atoms in total. The Labute approximate surface area is 130 Å². The number of rotatable bonds is 5. The number of H-pyrrole nitrogens is 1. The molecule has 2 rings (SSSR count). The van der Waals surface area contributed by atoms with Gasteiger partial charge in [-0.2, -0.15) is 0 Å². The minimum atomic E-state index is -0.291. The van der Waals surface area contributed by atoms with Gasteiger partial charge in [-0.1, -0.05) is 15.9 Å². The molecular weight excluding hydrogens is 336 g/mol. The molecule has 0 radical (unpaired) electrons. The van der Waals surface area contributed by atoms with Crippen molar-refractivity contribution in [2.45, 2.75) is 0 Å². The first-order chi connectivity index (χ1) is 10.1. The summed E-state index contributed by atoms with van der Waals surface area (Å²) in [4.78, 5) is 27.3. The summed E-state index contributed by atoms with van der Waals surface area (Å²) in [6.07, 6.45) is 1.46. The highest BCUT2D eigenvalue weighted by Gasteiger charge is 2.11. The number of hydrogen-bond acceptors (Lipinski definition) is 3. The molecule has 0 fully saturated rings. The average Bonchev–Trinajstić information content (AvgIpc) is 2.48. The van der Waals surface area contributed by atoms with E-state index in [-0.39, 0.29) is 11.5 Å². The Bertz CT molecular complexity index is 667. The smallest absolute Gasteiger partial charge is 0.253 e. The van der Waals surface area contributed by atoms with Crippen molar-refractivity contribution in [1.29, 1.82) is 0 Å². The second kappa shape index (κ2) is 7.08. The first kappa shape index (κ1) is 15.3. The maximum absolute atomic E-state index is 12.1. The molecule has 21 heavy (non-hydrogen) atoms. The minimum Gasteiger partial charge on any atom is -0.492 e. The Kier molecular flexibility index (Phi) is 5.16. The van der Waals surface area contributed by atoms with E-state index in [2.05, 4.69) is 20.9 Å². The third kappa shape index (κ3) is 4.46. The molecule has 0 aliphatic carbocycles. The molecular formula is C15H15BrN2O3. The molecule has 0 saturated heterocycles. The normalized spacial score (nSPS) is 10.2. The lowest BCUT2D eigenvalue weighted by molar-refractivity contribution is 0.0773. The molecule has 0 aliphatic rings. The Balaban J connectivity index is 1.86. The molecule has 0 spiro atoms. The van der Waals surface area contributed by atoms with Crippen molar-refractivity contribution in [3.05, 3.63) is 63.0 Å². The fraction of sp³-hybridized carbons (Fsp3) is 0.200. The van der Waals surface area contributed by atoms with Crippen LogP contribution in [0.2, 0.25) is 0 Å². The van der Waals surface area contributed by atoms with Crippen molar-refractivity contribution in [2.24, 2.45) is 0 Å². The number of aromatic amines is 1. The average molecular weight is 351 g/mol. The van der Waals surface area contributed by atoms with E-state index in [4.69, 9.17) is 4.74 Å². The van der Waals surface area contributed by atoms with Crippen LogP contribution in [0, 0.1) is 0 Å². The highest BCUT2D eigenvalue weighted by atomic mass is 79.9. The summed E-state index contributed by atoms with van der Waals surface area (Å²) in [5.74, 6) is 0.538. The van der Waals surface area contributed by atoms with Gasteiger partial charge in [-0.25, -0.2) is 0 Å². The largest absolute Gasteiger partial charge is 0.492 e. The second-order valence-electron chi connectivity index (χ2n) is 4.47. The molecule has 6 heteroatoms. The van der Waals surface area contributed by atoms with Gasteiger partial charge in [0, 0.05) is 29.3 Å². The highest BCUT2D eigenvalue weighted by molar-refractivity contribution is 9.10. The van der Waals surface area contributed by atoms with Gasteiger partial charge in [0.05, 0.1) is 6.54 Å². The predicted molar refractivity (Wildman–Crippen MR) is 83.7 cm³/mol. The molecule has 110 valence electrons. The number of hydrogen-bond donors (Lipinski definition) is 1. The van der Waals surface area contributed by atoms with Gasteiger partial charge >= 0.3 is 0 Å². The van der Waals surface area contributed by atoms with Crippen molar-refractivity contribution < 1.29 is 9.53 Å². The second-order valence-corrected chi connectivity index (χ2v) is 5.39. The van der Waals surface area contributed by atoms with Crippen molar-refractivity contribution in [2.75, 3.05) is 20.2 Å². The summed E-state index contributed by atoms with van der Waals surface area (Å²) in [7, 11) is 1.68. The van der Waals surface area contributed by atoms with Crippen LogP contribution in [0.3, 0.4) is 0 Å². The third-order valence-corrected chi connectivity index (χ3v) is 3.41. The zero-order valence-corrected chi connectivity index (χ0v) is 13.1. The van der Waals surface area contributed by atoms with E-state index in [9.17, 15) is 9.59 Å². The summed E-state index contributed by atoms with van der Waals surface area (Å²) in [6, 6.07) is 10.3. The summed E-state index contributed by atoms with van der Waals surface area (Å²) in [5, 5.41) is 0. The number of nitrogens with zero attached hydrogens (tertiary/aromatic N) is 1. The van der Waals surface area contributed by atoms with Crippen LogP contribution in [0.1, 0.15) is 10.4 Å². The van der Waals surface area contributed by atoms with Crippen LogP contribution in [0.4, 0.5) is 0 Å². The highest BCUT2D eigenvalue weighted by Crippen LogP contribution is 2.15. The summed E-state index contributed by atoms with van der Waals surface area (Å²) >= 11 is 3.35. The van der Waals surface area contributed by atoms with E-state index in [1.807, 2.05) is 24.3 Å². The Morgan fingerprint density at radius 2 is 2.00 bits per heavy atom. The van der Waals surface area contributed by atoms with Crippen LogP contribution < -0.4 is 10.3 Å². The lowest BCUT2D eigenvalue weighted by Crippen LogP contribution is -2.31. The third-order valence-electron chi connectivity index (χ3n) is 2.88. The minimum absolute atomic E-state index is 0.208. The first-order valence-corrected chi connectivity index (χ1v) is 7.18. The fourth-order valence-electron chi connectivity index (χ4n) is 1.73. The van der Waals surface area contributed by atoms with E-state index in [0.29, 0.717) is 18.7 Å². The zero-order valence-electron chi connectivity index (χ0n) is 11.5. The van der Waals surface area contributed by atoms with Gasteiger partial charge < -0.3 is 14.6 Å². The van der Waals surface area contributed by atoms with Gasteiger partial charge in [-0.15, -0.1) is 0 Å². The number of ether oxygens (including phenoxy) is 1. The number of carbonyl (C=O) groups is 1. The Morgan fingerprint density at radius 1 is 1.29 bits per heavy atom. The topological polar surface area (TPSA) is 62.4 Å². The van der Waals surface area contributed by atoms with Gasteiger partial charge in [0.1, 0.15) is 12.4 Å². The van der Waals surface area contributed by atoms with Gasteiger partial charge in [0.2, 0.25) is 5.56 Å². The number of amides is 1. The van der Waals surface area contributed by atoms with E-state index in [1.165, 1.54) is 17.2 Å².